The van der Waals surface area contributed by atoms with E-state index in [-0.39, 0.29) is 0 Å². The van der Waals surface area contributed by atoms with Gasteiger partial charge in [-0.25, -0.2) is 9.52 Å². The fourth-order valence-electron chi connectivity index (χ4n) is 0.746. The van der Waals surface area contributed by atoms with E-state index in [2.05, 4.69) is 9.73 Å². The molecule has 0 aliphatic heterocycles. The van der Waals surface area contributed by atoms with Crippen molar-refractivity contribution in [3.8, 4) is 0 Å². The molecule has 1 N–H and O–H groups in total. The van der Waals surface area contributed by atoms with Gasteiger partial charge in [-0.2, -0.15) is 4.99 Å². The molecule has 1 heterocycles. The van der Waals surface area contributed by atoms with Gasteiger partial charge < -0.3 is 9.94 Å². The van der Waals surface area contributed by atoms with Crippen LogP contribution in [-0.4, -0.2) is 22.6 Å². The summed E-state index contributed by atoms with van der Waals surface area (Å²) in [5, 5.41) is 9.30. The number of carbonyl (C=O) groups excluding carboxylic acids is 1. The van der Waals surface area contributed by atoms with Crippen LogP contribution >= 0.6 is 0 Å². The Labute approximate surface area is 74.9 Å². The van der Waals surface area contributed by atoms with Crippen LogP contribution in [0.1, 0.15) is 6.92 Å². The number of nitrogens with zero attached hydrogens (tertiary/aromatic N) is 2. The van der Waals surface area contributed by atoms with Crippen molar-refractivity contribution in [1.29, 1.82) is 0 Å². The highest BCUT2D eigenvalue weighted by atomic mass is 16.5. The Morgan fingerprint density at radius 2 is 2.23 bits per heavy atom. The summed E-state index contributed by atoms with van der Waals surface area (Å²) in [6.07, 6.45) is 2.12. The lowest BCUT2D eigenvalue weighted by atomic mass is 10.5. The first-order valence-electron chi connectivity index (χ1n) is 3.81. The van der Waals surface area contributed by atoms with E-state index in [1.54, 1.807) is 6.92 Å². The van der Waals surface area contributed by atoms with Gasteiger partial charge in [-0.05, 0) is 19.1 Å². The number of amides is 1. The summed E-state index contributed by atoms with van der Waals surface area (Å²) in [6.45, 7) is 2.01. The van der Waals surface area contributed by atoms with Gasteiger partial charge in [-0.1, -0.05) is 0 Å². The Bertz CT molecular complexity index is 336. The fourth-order valence-corrected chi connectivity index (χ4v) is 0.746. The zero-order valence-electron chi connectivity index (χ0n) is 7.17. The third kappa shape index (κ3) is 2.98. The molecular formula is C8H10N2O3. The standard InChI is InChI=1S/C8H10N2O3/c1-2-13-8(11)9-7-3-5-10(12)6-4-7/h3-6,12H,2H2,1H3. The maximum absolute atomic E-state index is 10.8. The van der Waals surface area contributed by atoms with Gasteiger partial charge in [-0.3, -0.25) is 0 Å². The van der Waals surface area contributed by atoms with E-state index in [9.17, 15) is 4.79 Å². The highest BCUT2D eigenvalue weighted by molar-refractivity contribution is 5.68. The number of aromatic nitrogens is 1. The van der Waals surface area contributed by atoms with Gasteiger partial charge in [0, 0.05) is 12.4 Å². The third-order valence-corrected chi connectivity index (χ3v) is 1.28. The molecule has 0 radical (unpaired) electrons. The van der Waals surface area contributed by atoms with Crippen LogP contribution in [0.5, 0.6) is 0 Å². The van der Waals surface area contributed by atoms with E-state index in [4.69, 9.17) is 5.21 Å². The van der Waals surface area contributed by atoms with Gasteiger partial charge in [0.2, 0.25) is 0 Å². The lowest BCUT2D eigenvalue weighted by Gasteiger charge is -1.95. The van der Waals surface area contributed by atoms with E-state index in [0.29, 0.717) is 12.0 Å². The molecule has 1 rings (SSSR count). The molecule has 0 spiro atoms. The largest absolute Gasteiger partial charge is 0.448 e. The second-order valence-corrected chi connectivity index (χ2v) is 2.25. The van der Waals surface area contributed by atoms with Gasteiger partial charge in [0.05, 0.1) is 12.0 Å². The maximum Gasteiger partial charge on any atom is 0.434 e. The van der Waals surface area contributed by atoms with E-state index in [1.165, 1.54) is 24.5 Å². The Morgan fingerprint density at radius 3 is 2.77 bits per heavy atom. The van der Waals surface area contributed by atoms with Crippen LogP contribution in [0.15, 0.2) is 29.5 Å². The van der Waals surface area contributed by atoms with E-state index < -0.39 is 6.09 Å². The lowest BCUT2D eigenvalue weighted by Crippen LogP contribution is -2.08. The van der Waals surface area contributed by atoms with Crippen molar-refractivity contribution in [2.45, 2.75) is 6.92 Å². The number of hydrogen-bond donors (Lipinski definition) is 1. The molecule has 0 fully saturated rings. The van der Waals surface area contributed by atoms with Gasteiger partial charge in [0.25, 0.3) is 0 Å². The first kappa shape index (κ1) is 9.31. The molecule has 0 atom stereocenters. The molecule has 1 aromatic heterocycles. The molecule has 0 unspecified atom stereocenters. The number of ether oxygens (including phenoxy) is 1. The van der Waals surface area contributed by atoms with Crippen LogP contribution < -0.4 is 5.36 Å². The van der Waals surface area contributed by atoms with Gasteiger partial charge in [0.1, 0.15) is 0 Å². The second-order valence-electron chi connectivity index (χ2n) is 2.25. The highest BCUT2D eigenvalue weighted by Crippen LogP contribution is 1.82. The molecule has 1 amide bonds. The van der Waals surface area contributed by atoms with Crippen molar-refractivity contribution in [2.75, 3.05) is 6.61 Å². The lowest BCUT2D eigenvalue weighted by molar-refractivity contribution is 0.162. The Balaban J connectivity index is 2.82. The van der Waals surface area contributed by atoms with Crippen molar-refractivity contribution in [1.82, 2.24) is 4.73 Å². The summed E-state index contributed by atoms with van der Waals surface area (Å²) in [5.41, 5.74) is 0. The number of rotatable bonds is 1. The number of carbonyl (C=O) groups is 1. The van der Waals surface area contributed by atoms with Crippen LogP contribution in [0, 0.1) is 0 Å². The van der Waals surface area contributed by atoms with Gasteiger partial charge >= 0.3 is 6.09 Å². The van der Waals surface area contributed by atoms with E-state index in [0.717, 1.165) is 4.73 Å². The van der Waals surface area contributed by atoms with Crippen molar-refractivity contribution in [3.05, 3.63) is 29.9 Å². The highest BCUT2D eigenvalue weighted by Gasteiger charge is 1.94. The molecule has 13 heavy (non-hydrogen) atoms. The molecule has 1 aromatic rings. The summed E-state index contributed by atoms with van der Waals surface area (Å²) in [4.78, 5) is 14.4. The van der Waals surface area contributed by atoms with Crippen LogP contribution in [0.4, 0.5) is 4.79 Å². The first-order valence-corrected chi connectivity index (χ1v) is 3.81. The Hall–Kier alpha value is -1.78. The topological polar surface area (TPSA) is 63.8 Å². The molecular weight excluding hydrogens is 172 g/mol. The second kappa shape index (κ2) is 4.30. The minimum Gasteiger partial charge on any atom is -0.448 e. The monoisotopic (exact) mass is 182 g/mol. The average Bonchev–Trinajstić information content (AvgIpc) is 2.09. The predicted octanol–water partition coefficient (Wildman–Crippen LogP) is 0.783. The summed E-state index contributed by atoms with van der Waals surface area (Å²) >= 11 is 0. The fraction of sp³-hybridized carbons (Fsp3) is 0.250. The normalized spacial score (nSPS) is 9.31. The molecule has 70 valence electrons. The molecule has 5 nitrogen and oxygen atoms in total. The number of pyridine rings is 1. The summed E-state index contributed by atoms with van der Waals surface area (Å²) in [6, 6.07) is 2.99. The molecule has 0 bridgehead atoms. The molecule has 0 aliphatic rings. The van der Waals surface area contributed by atoms with E-state index >= 15 is 0 Å². The molecule has 5 heteroatoms. The van der Waals surface area contributed by atoms with Crippen molar-refractivity contribution >= 4 is 6.09 Å². The van der Waals surface area contributed by atoms with Gasteiger partial charge in [-0.15, -0.1) is 0 Å². The zero-order valence-corrected chi connectivity index (χ0v) is 7.17. The molecule has 0 aliphatic carbocycles. The van der Waals surface area contributed by atoms with Gasteiger partial charge in [0.15, 0.2) is 0 Å². The molecule has 0 saturated carbocycles. The first-order chi connectivity index (χ1) is 6.22. The Kier molecular flexibility index (Phi) is 3.08. The summed E-state index contributed by atoms with van der Waals surface area (Å²) in [5.74, 6) is 0. The van der Waals surface area contributed by atoms with Crippen LogP contribution in [0.25, 0.3) is 0 Å². The van der Waals surface area contributed by atoms with Crippen LogP contribution in [0.2, 0.25) is 0 Å². The van der Waals surface area contributed by atoms with Crippen molar-refractivity contribution in [3.63, 3.8) is 0 Å². The summed E-state index contributed by atoms with van der Waals surface area (Å²) < 4.78 is 5.47. The Morgan fingerprint density at radius 1 is 1.62 bits per heavy atom. The average molecular weight is 182 g/mol. The number of hydrogen-bond acceptors (Lipinski definition) is 3. The minimum absolute atomic E-state index is 0.301. The quantitative estimate of drug-likeness (QED) is 0.653. The van der Waals surface area contributed by atoms with Crippen LogP contribution in [0.3, 0.4) is 0 Å². The zero-order chi connectivity index (χ0) is 9.68. The predicted molar refractivity (Wildman–Crippen MR) is 44.2 cm³/mol. The van der Waals surface area contributed by atoms with E-state index in [1.807, 2.05) is 0 Å². The maximum atomic E-state index is 10.8. The minimum atomic E-state index is -0.627. The molecule has 0 aromatic carbocycles. The smallest absolute Gasteiger partial charge is 0.434 e. The van der Waals surface area contributed by atoms with Crippen molar-refractivity contribution in [2.24, 2.45) is 4.99 Å². The molecule has 0 saturated heterocycles. The summed E-state index contributed by atoms with van der Waals surface area (Å²) in [7, 11) is 0. The third-order valence-electron chi connectivity index (χ3n) is 1.28. The SMILES string of the molecule is CCOC(=O)N=c1ccn(O)cc1. The van der Waals surface area contributed by atoms with Crippen molar-refractivity contribution < 1.29 is 14.7 Å². The van der Waals surface area contributed by atoms with Crippen LogP contribution in [-0.2, 0) is 4.74 Å².